The molecule has 0 unspecified atom stereocenters. The maximum absolute atomic E-state index is 10.6. The third kappa shape index (κ3) is 6.06. The maximum atomic E-state index is 10.6. The second-order valence-corrected chi connectivity index (χ2v) is 3.70. The minimum absolute atomic E-state index is 0.204. The quantitative estimate of drug-likeness (QED) is 0.364. The Bertz CT molecular complexity index is 210. The second kappa shape index (κ2) is 4.20. The maximum Gasteiger partial charge on any atom is 0.326 e. The zero-order valence-corrected chi connectivity index (χ0v) is 8.07. The Morgan fingerprint density at radius 2 is 1.92 bits per heavy atom. The smallest absolute Gasteiger partial charge is 0.326 e. The first-order chi connectivity index (χ1) is 5.72. The Hall–Kier alpha value is -1.14. The summed E-state index contributed by atoms with van der Waals surface area (Å²) in [5.41, 5.74) is 7.62. The number of nitrogens with two attached hydrogens (primary N) is 1. The molecule has 0 rings (SSSR count). The number of quaternary nitrogens is 1. The summed E-state index contributed by atoms with van der Waals surface area (Å²) < 4.78 is 0.254. The number of primary amides is 1. The van der Waals surface area contributed by atoms with Crippen LogP contribution in [0.2, 0.25) is 0 Å². The summed E-state index contributed by atoms with van der Waals surface area (Å²) in [6.45, 7) is 0. The monoisotopic (exact) mass is 190 g/mol. The van der Waals surface area contributed by atoms with Crippen molar-refractivity contribution in [1.82, 2.24) is 5.43 Å². The molecule has 0 saturated carbocycles. The van der Waals surface area contributed by atoms with Crippen LogP contribution in [0.3, 0.4) is 0 Å². The molecule has 0 aliphatic rings. The van der Waals surface area contributed by atoms with E-state index in [4.69, 9.17) is 10.8 Å². The van der Waals surface area contributed by atoms with Crippen molar-refractivity contribution in [2.75, 3.05) is 21.1 Å². The van der Waals surface area contributed by atoms with Gasteiger partial charge in [-0.3, -0.25) is 14.2 Å². The van der Waals surface area contributed by atoms with Crippen LogP contribution in [0.5, 0.6) is 0 Å². The molecule has 0 aliphatic heterocycles. The molecule has 0 heterocycles. The molecule has 0 saturated heterocycles. The van der Waals surface area contributed by atoms with Crippen LogP contribution in [-0.2, 0) is 9.59 Å². The topological polar surface area (TPSA) is 92.4 Å². The highest BCUT2D eigenvalue weighted by atomic mass is 16.4. The van der Waals surface area contributed by atoms with Crippen molar-refractivity contribution in [1.29, 1.82) is 0 Å². The van der Waals surface area contributed by atoms with E-state index in [-0.39, 0.29) is 11.0 Å². The van der Waals surface area contributed by atoms with Gasteiger partial charge in [-0.05, 0) is 0 Å². The molecule has 76 valence electrons. The molecule has 0 radical (unpaired) electrons. The predicted molar refractivity (Wildman–Crippen MR) is 46.4 cm³/mol. The van der Waals surface area contributed by atoms with Crippen LogP contribution >= 0.6 is 0 Å². The molecule has 0 aromatic heterocycles. The van der Waals surface area contributed by atoms with Crippen molar-refractivity contribution in [3.8, 4) is 0 Å². The SMILES string of the molecule is C[N+](C)(C)N[C@H](CC(N)=O)C(=O)O. The predicted octanol–water partition coefficient (Wildman–Crippen LogP) is -1.47. The van der Waals surface area contributed by atoms with E-state index in [1.165, 1.54) is 0 Å². The number of hydrogen-bond acceptors (Lipinski definition) is 3. The van der Waals surface area contributed by atoms with E-state index in [1.54, 1.807) is 21.1 Å². The number of rotatable bonds is 5. The highest BCUT2D eigenvalue weighted by molar-refractivity contribution is 5.83. The zero-order valence-electron chi connectivity index (χ0n) is 8.07. The van der Waals surface area contributed by atoms with Crippen LogP contribution in [0.1, 0.15) is 6.42 Å². The third-order valence-corrected chi connectivity index (χ3v) is 1.25. The van der Waals surface area contributed by atoms with E-state index >= 15 is 0 Å². The van der Waals surface area contributed by atoms with Gasteiger partial charge in [-0.25, -0.2) is 0 Å². The van der Waals surface area contributed by atoms with E-state index in [0.29, 0.717) is 0 Å². The first-order valence-corrected chi connectivity index (χ1v) is 3.82. The van der Waals surface area contributed by atoms with Crippen molar-refractivity contribution in [3.05, 3.63) is 0 Å². The van der Waals surface area contributed by atoms with Crippen LogP contribution in [-0.4, -0.2) is 48.8 Å². The summed E-state index contributed by atoms with van der Waals surface area (Å²) in [6.07, 6.45) is -0.204. The molecule has 0 aromatic carbocycles. The Kier molecular flexibility index (Phi) is 3.83. The van der Waals surface area contributed by atoms with Crippen molar-refractivity contribution >= 4 is 11.9 Å². The minimum Gasteiger partial charge on any atom is -0.480 e. The third-order valence-electron chi connectivity index (χ3n) is 1.25. The summed E-state index contributed by atoms with van der Waals surface area (Å²) >= 11 is 0. The van der Waals surface area contributed by atoms with Gasteiger partial charge >= 0.3 is 5.97 Å². The number of nitrogens with one attached hydrogen (secondary N) is 1. The number of nitrogens with zero attached hydrogens (tertiary/aromatic N) is 1. The molecular formula is C7H16N3O3+. The fourth-order valence-electron chi connectivity index (χ4n) is 0.857. The molecule has 1 amide bonds. The van der Waals surface area contributed by atoms with Crippen LogP contribution in [0.4, 0.5) is 0 Å². The van der Waals surface area contributed by atoms with Crippen molar-refractivity contribution < 1.29 is 19.3 Å². The molecule has 0 fully saturated rings. The molecular weight excluding hydrogens is 174 g/mol. The molecule has 0 aliphatic carbocycles. The normalized spacial score (nSPS) is 13.8. The number of hydrogen-bond donors (Lipinski definition) is 3. The molecule has 6 heteroatoms. The number of carboxylic acids is 1. The Balaban J connectivity index is 4.27. The highest BCUT2D eigenvalue weighted by Gasteiger charge is 2.25. The van der Waals surface area contributed by atoms with Crippen LogP contribution < -0.4 is 11.2 Å². The summed E-state index contributed by atoms with van der Waals surface area (Å²) in [4.78, 5) is 21.1. The lowest BCUT2D eigenvalue weighted by Crippen LogP contribution is -2.56. The van der Waals surface area contributed by atoms with Gasteiger partial charge in [0.05, 0.1) is 27.6 Å². The van der Waals surface area contributed by atoms with E-state index < -0.39 is 17.9 Å². The highest BCUT2D eigenvalue weighted by Crippen LogP contribution is 1.95. The van der Waals surface area contributed by atoms with E-state index in [9.17, 15) is 9.59 Å². The lowest BCUT2D eigenvalue weighted by Gasteiger charge is -2.27. The first-order valence-electron chi connectivity index (χ1n) is 3.82. The summed E-state index contributed by atoms with van der Waals surface area (Å²) in [5.74, 6) is -1.71. The second-order valence-electron chi connectivity index (χ2n) is 3.70. The van der Waals surface area contributed by atoms with E-state index in [1.807, 2.05) is 0 Å². The van der Waals surface area contributed by atoms with Crippen LogP contribution in [0.25, 0.3) is 0 Å². The average molecular weight is 190 g/mol. The van der Waals surface area contributed by atoms with Crippen LogP contribution in [0.15, 0.2) is 0 Å². The van der Waals surface area contributed by atoms with E-state index in [2.05, 4.69) is 5.43 Å². The zero-order chi connectivity index (χ0) is 10.6. The number of carbonyl (C=O) groups is 2. The van der Waals surface area contributed by atoms with Crippen LogP contribution in [0, 0.1) is 0 Å². The van der Waals surface area contributed by atoms with Gasteiger partial charge in [-0.1, -0.05) is 0 Å². The van der Waals surface area contributed by atoms with Gasteiger partial charge in [-0.15, -0.1) is 0 Å². The molecule has 0 aromatic rings. The summed E-state index contributed by atoms with van der Waals surface area (Å²) in [5, 5.41) is 8.71. The largest absolute Gasteiger partial charge is 0.480 e. The number of aliphatic carboxylic acids is 1. The number of carbonyl (C=O) groups excluding carboxylic acids is 1. The molecule has 0 bridgehead atoms. The van der Waals surface area contributed by atoms with Gasteiger partial charge in [0.1, 0.15) is 0 Å². The first kappa shape index (κ1) is 11.9. The molecule has 6 nitrogen and oxygen atoms in total. The molecule has 0 spiro atoms. The fourth-order valence-corrected chi connectivity index (χ4v) is 0.857. The van der Waals surface area contributed by atoms with Gasteiger partial charge in [0.25, 0.3) is 0 Å². The lowest BCUT2D eigenvalue weighted by molar-refractivity contribution is -0.917. The van der Waals surface area contributed by atoms with E-state index in [0.717, 1.165) is 0 Å². The Labute approximate surface area is 76.9 Å². The Morgan fingerprint density at radius 3 is 2.15 bits per heavy atom. The number of amides is 1. The number of carboxylic acid groups (broad SMARTS) is 1. The fraction of sp³-hybridized carbons (Fsp3) is 0.714. The summed E-state index contributed by atoms with van der Waals surface area (Å²) in [7, 11) is 5.28. The van der Waals surface area contributed by atoms with Gasteiger partial charge in [0.15, 0.2) is 6.04 Å². The van der Waals surface area contributed by atoms with Gasteiger partial charge < -0.3 is 10.8 Å². The lowest BCUT2D eigenvalue weighted by atomic mass is 10.2. The average Bonchev–Trinajstić information content (AvgIpc) is 1.81. The van der Waals surface area contributed by atoms with Crippen molar-refractivity contribution in [2.45, 2.75) is 12.5 Å². The standard InChI is InChI=1S/C7H15N3O3/c1-10(2,3)9-5(7(12)13)4-6(8)11/h5,9H,4H2,1-3H3,(H2-,8,11,12,13)/p+1/t5-/m1/s1. The molecule has 1 atom stereocenters. The van der Waals surface area contributed by atoms with Crippen molar-refractivity contribution in [2.24, 2.45) is 5.73 Å². The Morgan fingerprint density at radius 1 is 1.46 bits per heavy atom. The van der Waals surface area contributed by atoms with Crippen molar-refractivity contribution in [3.63, 3.8) is 0 Å². The van der Waals surface area contributed by atoms with Gasteiger partial charge in [0.2, 0.25) is 5.91 Å². The van der Waals surface area contributed by atoms with Gasteiger partial charge in [0, 0.05) is 0 Å². The molecule has 4 N–H and O–H groups in total. The summed E-state index contributed by atoms with van der Waals surface area (Å²) in [6, 6.07) is -0.933. The molecule has 13 heavy (non-hydrogen) atoms. The minimum atomic E-state index is -1.08. The van der Waals surface area contributed by atoms with Gasteiger partial charge in [-0.2, -0.15) is 5.43 Å².